The maximum Gasteiger partial charge on any atom is 0.416 e. The highest BCUT2D eigenvalue weighted by molar-refractivity contribution is 6.02. The van der Waals surface area contributed by atoms with Crippen molar-refractivity contribution in [1.29, 1.82) is 0 Å². The van der Waals surface area contributed by atoms with Crippen molar-refractivity contribution in [2.75, 3.05) is 0 Å². The van der Waals surface area contributed by atoms with Crippen LogP contribution in [-0.4, -0.2) is 26.5 Å². The smallest absolute Gasteiger partial charge is 0.350 e. The normalized spacial score (nSPS) is 11.5. The summed E-state index contributed by atoms with van der Waals surface area (Å²) in [6.07, 6.45) is -2.85. The average Bonchev–Trinajstić information content (AvgIpc) is 3.22. The molecule has 0 saturated carbocycles. The Hall–Kier alpha value is -3.42. The Bertz CT molecular complexity index is 1210. The Kier molecular flexibility index (Phi) is 6.29. The highest BCUT2D eigenvalue weighted by atomic mass is 19.4. The lowest BCUT2D eigenvalue weighted by atomic mass is 9.98. The summed E-state index contributed by atoms with van der Waals surface area (Å²) in [6.45, 7) is 7.75. The highest BCUT2D eigenvalue weighted by Crippen LogP contribution is 2.34. The number of amides is 1. The number of fused-ring (bicyclic) bond motifs is 3. The van der Waals surface area contributed by atoms with E-state index in [1.54, 1.807) is 35.0 Å². The number of carbonyl (C=O) groups is 1. The van der Waals surface area contributed by atoms with E-state index in [1.165, 1.54) is 12.1 Å². The Morgan fingerprint density at radius 1 is 1.03 bits per heavy atom. The molecule has 2 aromatic heterocycles. The minimum absolute atomic E-state index is 0.00777. The fraction of sp³-hybridized carbons (Fsp3) is 0.261. The fourth-order valence-corrected chi connectivity index (χ4v) is 3.26. The second-order valence-corrected chi connectivity index (χ2v) is 7.05. The minimum Gasteiger partial charge on any atom is -0.350 e. The fourth-order valence-electron chi connectivity index (χ4n) is 3.26. The lowest BCUT2D eigenvalue weighted by Crippen LogP contribution is -2.30. The molecule has 4 aromatic rings. The van der Waals surface area contributed by atoms with Gasteiger partial charge in [0.05, 0.1) is 11.1 Å². The number of alkyl halides is 3. The zero-order valence-corrected chi connectivity index (χ0v) is 17.7. The Morgan fingerprint density at radius 2 is 1.71 bits per heavy atom. The van der Waals surface area contributed by atoms with Crippen LogP contribution in [0.3, 0.4) is 0 Å². The average molecular weight is 428 g/mol. The molecular formula is C23H23F3N4O. The monoisotopic (exact) mass is 428 g/mol. The molecule has 8 heteroatoms. The van der Waals surface area contributed by atoms with E-state index in [0.29, 0.717) is 27.9 Å². The number of benzene rings is 2. The summed E-state index contributed by atoms with van der Waals surface area (Å²) in [5.74, 6) is -0.206. The molecule has 0 aliphatic carbocycles. The van der Waals surface area contributed by atoms with E-state index in [1.807, 2.05) is 27.7 Å². The van der Waals surface area contributed by atoms with Crippen LogP contribution in [0.25, 0.3) is 27.7 Å². The molecule has 0 aliphatic heterocycles. The standard InChI is InChI=1S/C21H17F3N4O.C2H6/c1-12(2)26-20(29)14-5-8-16-17(10-19-27-25-11-28(19)18(16)9-14)13-3-6-15(7-4-13)21(22,23)24;1-2/h3-12H,1-2H3,(H,26,29);1-2H3. The molecule has 0 fully saturated rings. The highest BCUT2D eigenvalue weighted by Gasteiger charge is 2.30. The van der Waals surface area contributed by atoms with Gasteiger partial charge >= 0.3 is 6.18 Å². The predicted octanol–water partition coefficient (Wildman–Crippen LogP) is 5.73. The molecule has 0 spiro atoms. The van der Waals surface area contributed by atoms with Crippen LogP contribution < -0.4 is 5.32 Å². The van der Waals surface area contributed by atoms with Crippen molar-refractivity contribution in [2.24, 2.45) is 0 Å². The number of halogens is 3. The zero-order valence-electron chi connectivity index (χ0n) is 17.7. The van der Waals surface area contributed by atoms with Gasteiger partial charge in [0.25, 0.3) is 5.91 Å². The van der Waals surface area contributed by atoms with Crippen molar-refractivity contribution in [2.45, 2.75) is 39.9 Å². The molecular weight excluding hydrogens is 405 g/mol. The number of nitrogens with zero attached hydrogens (tertiary/aromatic N) is 3. The van der Waals surface area contributed by atoms with Gasteiger partial charge in [0.15, 0.2) is 5.65 Å². The van der Waals surface area contributed by atoms with E-state index in [2.05, 4.69) is 15.5 Å². The molecule has 1 N–H and O–H groups in total. The number of aromatic nitrogens is 3. The third-order valence-corrected chi connectivity index (χ3v) is 4.60. The van der Waals surface area contributed by atoms with Gasteiger partial charge in [-0.15, -0.1) is 10.2 Å². The van der Waals surface area contributed by atoms with E-state index in [0.717, 1.165) is 17.5 Å². The van der Waals surface area contributed by atoms with Gasteiger partial charge in [-0.3, -0.25) is 9.20 Å². The Labute approximate surface area is 177 Å². The first-order chi connectivity index (χ1) is 14.7. The van der Waals surface area contributed by atoms with Crippen molar-refractivity contribution in [3.63, 3.8) is 0 Å². The predicted molar refractivity (Wildman–Crippen MR) is 115 cm³/mol. The first-order valence-electron chi connectivity index (χ1n) is 9.99. The van der Waals surface area contributed by atoms with Crippen molar-refractivity contribution in [3.05, 3.63) is 66.0 Å². The number of nitrogens with one attached hydrogen (secondary N) is 1. The van der Waals surface area contributed by atoms with E-state index in [9.17, 15) is 18.0 Å². The Balaban J connectivity index is 0.00000132. The molecule has 162 valence electrons. The number of pyridine rings is 1. The molecule has 0 saturated heterocycles. The summed E-state index contributed by atoms with van der Waals surface area (Å²) < 4.78 is 40.4. The third kappa shape index (κ3) is 4.52. The number of rotatable bonds is 3. The molecule has 2 aromatic carbocycles. The quantitative estimate of drug-likeness (QED) is 0.453. The molecule has 5 nitrogen and oxygen atoms in total. The Morgan fingerprint density at radius 3 is 2.32 bits per heavy atom. The molecule has 2 heterocycles. The van der Waals surface area contributed by atoms with Crippen LogP contribution >= 0.6 is 0 Å². The van der Waals surface area contributed by atoms with E-state index >= 15 is 0 Å². The number of hydrogen-bond acceptors (Lipinski definition) is 3. The van der Waals surface area contributed by atoms with Crippen molar-refractivity contribution < 1.29 is 18.0 Å². The summed E-state index contributed by atoms with van der Waals surface area (Å²) in [6, 6.07) is 12.0. The molecule has 1 amide bonds. The number of carbonyl (C=O) groups excluding carboxylic acids is 1. The van der Waals surface area contributed by atoms with Gasteiger partial charge < -0.3 is 5.32 Å². The minimum atomic E-state index is -4.39. The molecule has 0 aliphatic rings. The van der Waals surface area contributed by atoms with Crippen LogP contribution in [0.4, 0.5) is 13.2 Å². The van der Waals surface area contributed by atoms with Gasteiger partial charge in [0.1, 0.15) is 6.33 Å². The first kappa shape index (κ1) is 22.3. The number of hydrogen-bond donors (Lipinski definition) is 1. The van der Waals surface area contributed by atoms with Crippen molar-refractivity contribution in [3.8, 4) is 11.1 Å². The molecule has 0 radical (unpaired) electrons. The zero-order chi connectivity index (χ0) is 22.8. The van der Waals surface area contributed by atoms with Crippen LogP contribution in [0.15, 0.2) is 54.9 Å². The summed E-state index contributed by atoms with van der Waals surface area (Å²) >= 11 is 0. The van der Waals surface area contributed by atoms with Crippen LogP contribution in [0.2, 0.25) is 0 Å². The van der Waals surface area contributed by atoms with E-state index in [4.69, 9.17) is 0 Å². The third-order valence-electron chi connectivity index (χ3n) is 4.60. The molecule has 0 unspecified atom stereocenters. The van der Waals surface area contributed by atoms with Gasteiger partial charge in [-0.1, -0.05) is 32.0 Å². The first-order valence-corrected chi connectivity index (χ1v) is 9.99. The maximum absolute atomic E-state index is 12.9. The molecule has 0 bridgehead atoms. The molecule has 31 heavy (non-hydrogen) atoms. The molecule has 0 atom stereocenters. The van der Waals surface area contributed by atoms with Crippen LogP contribution in [-0.2, 0) is 6.18 Å². The summed E-state index contributed by atoms with van der Waals surface area (Å²) in [7, 11) is 0. The summed E-state index contributed by atoms with van der Waals surface area (Å²) in [5, 5.41) is 11.6. The van der Waals surface area contributed by atoms with Crippen LogP contribution in [0.1, 0.15) is 43.6 Å². The summed E-state index contributed by atoms with van der Waals surface area (Å²) in [4.78, 5) is 12.4. The van der Waals surface area contributed by atoms with E-state index < -0.39 is 11.7 Å². The van der Waals surface area contributed by atoms with Crippen molar-refractivity contribution in [1.82, 2.24) is 19.9 Å². The van der Waals surface area contributed by atoms with Crippen LogP contribution in [0, 0.1) is 0 Å². The van der Waals surface area contributed by atoms with Gasteiger partial charge in [-0.2, -0.15) is 13.2 Å². The topological polar surface area (TPSA) is 59.3 Å². The SMILES string of the molecule is CC.CC(C)NC(=O)c1ccc2c(-c3ccc(C(F)(F)F)cc3)cc3nncn3c2c1. The van der Waals surface area contributed by atoms with E-state index in [-0.39, 0.29) is 11.9 Å². The maximum atomic E-state index is 12.9. The van der Waals surface area contributed by atoms with Gasteiger partial charge in [-0.05, 0) is 55.3 Å². The van der Waals surface area contributed by atoms with Gasteiger partial charge in [0, 0.05) is 17.0 Å². The lowest BCUT2D eigenvalue weighted by Gasteiger charge is -2.13. The van der Waals surface area contributed by atoms with Crippen molar-refractivity contribution >= 4 is 22.5 Å². The van der Waals surface area contributed by atoms with Gasteiger partial charge in [0.2, 0.25) is 0 Å². The van der Waals surface area contributed by atoms with Crippen LogP contribution in [0.5, 0.6) is 0 Å². The largest absolute Gasteiger partial charge is 0.416 e. The van der Waals surface area contributed by atoms with Gasteiger partial charge in [-0.25, -0.2) is 0 Å². The second-order valence-electron chi connectivity index (χ2n) is 7.05. The lowest BCUT2D eigenvalue weighted by molar-refractivity contribution is -0.137. The summed E-state index contributed by atoms with van der Waals surface area (Å²) in [5.41, 5.74) is 2.33. The second kappa shape index (κ2) is 8.75. The molecule has 4 rings (SSSR count).